The van der Waals surface area contributed by atoms with Crippen LogP contribution in [0.1, 0.15) is 39.8 Å². The average molecular weight is 390 g/mol. The summed E-state index contributed by atoms with van der Waals surface area (Å²) in [5.41, 5.74) is 9.35. The van der Waals surface area contributed by atoms with Crippen LogP contribution < -0.4 is 5.73 Å². The topological polar surface area (TPSA) is 91.0 Å². The number of aromatic nitrogens is 3. The van der Waals surface area contributed by atoms with Gasteiger partial charge in [0.2, 0.25) is 5.95 Å². The molecule has 29 heavy (non-hydrogen) atoms. The van der Waals surface area contributed by atoms with Gasteiger partial charge in [0.15, 0.2) is 0 Å². The van der Waals surface area contributed by atoms with Gasteiger partial charge in [-0.3, -0.25) is 4.98 Å². The predicted octanol–water partition coefficient (Wildman–Crippen LogP) is 3.32. The molecule has 3 rings (SSSR count). The maximum atomic E-state index is 14.5. The van der Waals surface area contributed by atoms with E-state index in [0.717, 1.165) is 11.3 Å². The summed E-state index contributed by atoms with van der Waals surface area (Å²) >= 11 is 0. The van der Waals surface area contributed by atoms with E-state index in [-0.39, 0.29) is 11.5 Å². The third-order valence-corrected chi connectivity index (χ3v) is 4.23. The number of rotatable bonds is 3. The summed E-state index contributed by atoms with van der Waals surface area (Å²) in [4.78, 5) is 24.4. The minimum Gasteiger partial charge on any atom is -0.465 e. The number of hydrogen-bond donors (Lipinski definition) is 1. The van der Waals surface area contributed by atoms with Crippen LogP contribution in [0.3, 0.4) is 0 Å². The summed E-state index contributed by atoms with van der Waals surface area (Å²) in [6, 6.07) is 7.87. The monoisotopic (exact) mass is 390 g/mol. The van der Waals surface area contributed by atoms with Crippen LogP contribution in [0.2, 0.25) is 0 Å². The molecule has 0 aliphatic heterocycles. The van der Waals surface area contributed by atoms with Gasteiger partial charge in [0.05, 0.1) is 29.6 Å². The van der Waals surface area contributed by atoms with Crippen molar-refractivity contribution >= 4 is 11.9 Å². The molecule has 0 radical (unpaired) electrons. The van der Waals surface area contributed by atoms with Gasteiger partial charge in [0, 0.05) is 23.0 Å². The number of aryl methyl sites for hydroxylation is 2. The van der Waals surface area contributed by atoms with Crippen LogP contribution in [0.25, 0.3) is 11.3 Å². The van der Waals surface area contributed by atoms with Crippen LogP contribution in [0.15, 0.2) is 36.5 Å². The van der Waals surface area contributed by atoms with Gasteiger partial charge in [-0.25, -0.2) is 19.2 Å². The van der Waals surface area contributed by atoms with E-state index in [4.69, 9.17) is 5.73 Å². The number of halogens is 1. The second kappa shape index (κ2) is 8.48. The third kappa shape index (κ3) is 4.38. The van der Waals surface area contributed by atoms with Crippen LogP contribution >= 0.6 is 0 Å². The smallest absolute Gasteiger partial charge is 0.340 e. The summed E-state index contributed by atoms with van der Waals surface area (Å²) in [5, 5.41) is 0. The van der Waals surface area contributed by atoms with E-state index in [2.05, 4.69) is 31.5 Å². The van der Waals surface area contributed by atoms with Gasteiger partial charge < -0.3 is 10.5 Å². The molecule has 2 heterocycles. The first-order valence-electron chi connectivity index (χ1n) is 8.92. The molecule has 0 atom stereocenters. The highest BCUT2D eigenvalue weighted by Crippen LogP contribution is 2.26. The van der Waals surface area contributed by atoms with Crippen LogP contribution in [0, 0.1) is 24.6 Å². The van der Waals surface area contributed by atoms with Gasteiger partial charge in [0.25, 0.3) is 0 Å². The van der Waals surface area contributed by atoms with Crippen LogP contribution in [0.5, 0.6) is 0 Å². The molecule has 2 N–H and O–H groups in total. The molecule has 0 spiro atoms. The fraction of sp³-hybridized carbons (Fsp3) is 0.182. The number of hydrogen-bond acceptors (Lipinski definition) is 6. The molecule has 6 nitrogen and oxygen atoms in total. The average Bonchev–Trinajstić information content (AvgIpc) is 2.72. The lowest BCUT2D eigenvalue weighted by Gasteiger charge is -2.10. The zero-order chi connectivity index (χ0) is 21.0. The lowest BCUT2D eigenvalue weighted by molar-refractivity contribution is 0.0595. The van der Waals surface area contributed by atoms with Gasteiger partial charge in [-0.2, -0.15) is 0 Å². The van der Waals surface area contributed by atoms with E-state index in [0.29, 0.717) is 28.9 Å². The van der Waals surface area contributed by atoms with Crippen molar-refractivity contribution in [3.63, 3.8) is 0 Å². The second-order valence-electron chi connectivity index (χ2n) is 6.23. The summed E-state index contributed by atoms with van der Waals surface area (Å²) in [6.45, 7) is 3.82. The van der Waals surface area contributed by atoms with Crippen molar-refractivity contribution in [3.05, 3.63) is 70.4 Å². The Labute approximate surface area is 168 Å². The molecule has 2 aromatic heterocycles. The minimum atomic E-state index is -0.752. The van der Waals surface area contributed by atoms with Crippen molar-refractivity contribution in [3.8, 4) is 23.1 Å². The number of benzene rings is 1. The zero-order valence-corrected chi connectivity index (χ0v) is 16.3. The highest BCUT2D eigenvalue weighted by atomic mass is 19.1. The maximum Gasteiger partial charge on any atom is 0.340 e. The molecule has 146 valence electrons. The third-order valence-electron chi connectivity index (χ3n) is 4.23. The molecule has 0 bridgehead atoms. The Morgan fingerprint density at radius 1 is 1.21 bits per heavy atom. The standard InChI is InChI=1S/C22H19FN4O2/c1-4-19-17(9-7-14-6-5-13(2)25-12-14)20(27-22(24)26-19)15-8-10-16(18(23)11-15)21(28)29-3/h5-6,8,10-12H,4H2,1-3H3,(H2,24,26,27). The van der Waals surface area contributed by atoms with Crippen LogP contribution in [-0.4, -0.2) is 28.0 Å². The number of esters is 1. The highest BCUT2D eigenvalue weighted by molar-refractivity contribution is 5.90. The van der Waals surface area contributed by atoms with Crippen molar-refractivity contribution in [2.75, 3.05) is 12.8 Å². The van der Waals surface area contributed by atoms with Crippen molar-refractivity contribution in [2.45, 2.75) is 20.3 Å². The molecule has 3 aromatic rings. The van der Waals surface area contributed by atoms with E-state index < -0.39 is 11.8 Å². The minimum absolute atomic E-state index is 0.0665. The molecule has 0 saturated heterocycles. The molecule has 1 aromatic carbocycles. The summed E-state index contributed by atoms with van der Waals surface area (Å²) in [6.07, 6.45) is 2.25. The Balaban J connectivity index is 2.14. The van der Waals surface area contributed by atoms with Gasteiger partial charge >= 0.3 is 5.97 Å². The van der Waals surface area contributed by atoms with Gasteiger partial charge in [-0.1, -0.05) is 24.8 Å². The van der Waals surface area contributed by atoms with E-state index in [9.17, 15) is 9.18 Å². The first kappa shape index (κ1) is 20.0. The zero-order valence-electron chi connectivity index (χ0n) is 16.3. The van der Waals surface area contributed by atoms with Crippen molar-refractivity contribution in [2.24, 2.45) is 0 Å². The maximum absolute atomic E-state index is 14.5. The summed E-state index contributed by atoms with van der Waals surface area (Å²) in [5.74, 6) is 4.72. The first-order chi connectivity index (χ1) is 13.9. The highest BCUT2D eigenvalue weighted by Gasteiger charge is 2.17. The number of anilines is 1. The number of carbonyl (C=O) groups is 1. The summed E-state index contributed by atoms with van der Waals surface area (Å²) < 4.78 is 19.0. The number of ether oxygens (including phenoxy) is 1. The number of carbonyl (C=O) groups excluding carboxylic acids is 1. The quantitative estimate of drug-likeness (QED) is 0.545. The number of pyridine rings is 1. The fourth-order valence-corrected chi connectivity index (χ4v) is 2.74. The van der Waals surface area contributed by atoms with Gasteiger partial charge in [-0.05, 0) is 37.6 Å². The number of nitrogens with two attached hydrogens (primary N) is 1. The SMILES string of the molecule is CCc1nc(N)nc(-c2ccc(C(=O)OC)c(F)c2)c1C#Cc1ccc(C)nc1. The molecule has 0 unspecified atom stereocenters. The molecule has 0 amide bonds. The molecular formula is C22H19FN4O2. The molecular weight excluding hydrogens is 371 g/mol. The largest absolute Gasteiger partial charge is 0.465 e. The summed E-state index contributed by atoms with van der Waals surface area (Å²) in [7, 11) is 1.20. The van der Waals surface area contributed by atoms with E-state index >= 15 is 0 Å². The Kier molecular flexibility index (Phi) is 5.84. The molecule has 0 aliphatic carbocycles. The van der Waals surface area contributed by atoms with Crippen LogP contribution in [0.4, 0.5) is 10.3 Å². The Morgan fingerprint density at radius 3 is 2.62 bits per heavy atom. The number of nitrogens with zero attached hydrogens (tertiary/aromatic N) is 3. The normalized spacial score (nSPS) is 10.2. The van der Waals surface area contributed by atoms with Crippen LogP contribution in [-0.2, 0) is 11.2 Å². The lowest BCUT2D eigenvalue weighted by atomic mass is 10.0. The molecule has 0 aliphatic rings. The van der Waals surface area contributed by atoms with E-state index in [1.54, 1.807) is 12.3 Å². The fourth-order valence-electron chi connectivity index (χ4n) is 2.74. The van der Waals surface area contributed by atoms with Crippen molar-refractivity contribution in [1.82, 2.24) is 15.0 Å². The Bertz CT molecular complexity index is 1130. The van der Waals surface area contributed by atoms with Gasteiger partial charge in [-0.15, -0.1) is 0 Å². The number of methoxy groups -OCH3 is 1. The predicted molar refractivity (Wildman–Crippen MR) is 108 cm³/mol. The van der Waals surface area contributed by atoms with Crippen molar-refractivity contribution in [1.29, 1.82) is 0 Å². The number of nitrogen functional groups attached to an aromatic ring is 1. The Hall–Kier alpha value is -3.79. The lowest BCUT2D eigenvalue weighted by Crippen LogP contribution is -2.07. The van der Waals surface area contributed by atoms with E-state index in [1.165, 1.54) is 19.2 Å². The molecule has 7 heteroatoms. The van der Waals surface area contributed by atoms with E-state index in [1.807, 2.05) is 26.0 Å². The molecule has 0 fully saturated rings. The van der Waals surface area contributed by atoms with Crippen molar-refractivity contribution < 1.29 is 13.9 Å². The Morgan fingerprint density at radius 2 is 2.00 bits per heavy atom. The van der Waals surface area contributed by atoms with Gasteiger partial charge in [0.1, 0.15) is 5.82 Å². The first-order valence-corrected chi connectivity index (χ1v) is 8.92. The molecule has 0 saturated carbocycles. The second-order valence-corrected chi connectivity index (χ2v) is 6.23.